The molecule has 0 radical (unpaired) electrons. The molecule has 0 amide bonds. The van der Waals surface area contributed by atoms with Crippen LogP contribution in [0.25, 0.3) is 5.69 Å². The minimum absolute atomic E-state index is 0.485. The third-order valence-corrected chi connectivity index (χ3v) is 1.71. The number of hydrogen-bond acceptors (Lipinski definition) is 3. The highest BCUT2D eigenvalue weighted by molar-refractivity contribution is 7.80. The first-order valence-electron chi connectivity index (χ1n) is 3.52. The normalized spacial score (nSPS) is 10.1. The summed E-state index contributed by atoms with van der Waals surface area (Å²) in [4.78, 5) is 3.91. The topological polar surface area (TPSA) is 30.7 Å². The first-order chi connectivity index (χ1) is 5.86. The summed E-state index contributed by atoms with van der Waals surface area (Å²) in [7, 11) is 0. The Morgan fingerprint density at radius 2 is 1.92 bits per heavy atom. The fourth-order valence-corrected chi connectivity index (χ4v) is 1.11. The highest BCUT2D eigenvalue weighted by Crippen LogP contribution is 2.05. The third kappa shape index (κ3) is 1.33. The van der Waals surface area contributed by atoms with Crippen molar-refractivity contribution in [3.8, 4) is 5.69 Å². The molecule has 0 fully saturated rings. The van der Waals surface area contributed by atoms with Crippen LogP contribution in [0.2, 0.25) is 0 Å². The number of rotatable bonds is 1. The maximum atomic E-state index is 4.05. The number of hydrogen-bond donors (Lipinski definition) is 1. The van der Waals surface area contributed by atoms with Gasteiger partial charge in [0.1, 0.15) is 6.33 Å². The van der Waals surface area contributed by atoms with Crippen molar-refractivity contribution in [3.63, 3.8) is 0 Å². The number of aromatic nitrogens is 3. The molecule has 12 heavy (non-hydrogen) atoms. The summed E-state index contributed by atoms with van der Waals surface area (Å²) in [5.74, 6) is 0. The standard InChI is InChI=1S/C8H7N3S/c12-8-9-6-11(10-8)7-4-2-1-3-5-7/h1-6H,(H,10,12). The van der Waals surface area contributed by atoms with Crippen molar-refractivity contribution in [3.05, 3.63) is 36.7 Å². The molecule has 0 bridgehead atoms. The van der Waals surface area contributed by atoms with Crippen LogP contribution >= 0.6 is 12.6 Å². The molecule has 2 aromatic rings. The lowest BCUT2D eigenvalue weighted by Gasteiger charge is -1.96. The van der Waals surface area contributed by atoms with E-state index in [2.05, 4.69) is 22.7 Å². The highest BCUT2D eigenvalue weighted by atomic mass is 32.1. The number of para-hydroxylation sites is 1. The summed E-state index contributed by atoms with van der Waals surface area (Å²) in [6.45, 7) is 0. The van der Waals surface area contributed by atoms with Gasteiger partial charge in [-0.1, -0.05) is 18.2 Å². The van der Waals surface area contributed by atoms with Gasteiger partial charge in [0.25, 0.3) is 0 Å². The predicted octanol–water partition coefficient (Wildman–Crippen LogP) is 1.56. The molecule has 1 aromatic carbocycles. The van der Waals surface area contributed by atoms with Crippen LogP contribution in [0.15, 0.2) is 41.8 Å². The second-order valence-electron chi connectivity index (χ2n) is 2.32. The fraction of sp³-hybridized carbons (Fsp3) is 0. The van der Waals surface area contributed by atoms with Gasteiger partial charge in [-0.25, -0.2) is 9.67 Å². The van der Waals surface area contributed by atoms with Crippen LogP contribution < -0.4 is 0 Å². The van der Waals surface area contributed by atoms with Gasteiger partial charge in [-0.2, -0.15) is 0 Å². The second-order valence-corrected chi connectivity index (χ2v) is 2.72. The first kappa shape index (κ1) is 7.36. The molecule has 0 saturated carbocycles. The number of benzene rings is 1. The second kappa shape index (κ2) is 2.98. The Morgan fingerprint density at radius 1 is 1.17 bits per heavy atom. The van der Waals surface area contributed by atoms with Gasteiger partial charge >= 0.3 is 0 Å². The lowest BCUT2D eigenvalue weighted by atomic mass is 10.3. The molecular weight excluding hydrogens is 170 g/mol. The molecule has 0 saturated heterocycles. The van der Waals surface area contributed by atoms with Crippen molar-refractivity contribution < 1.29 is 0 Å². The summed E-state index contributed by atoms with van der Waals surface area (Å²) < 4.78 is 1.68. The molecule has 0 aliphatic heterocycles. The summed E-state index contributed by atoms with van der Waals surface area (Å²) in [5, 5.41) is 4.54. The molecule has 0 atom stereocenters. The van der Waals surface area contributed by atoms with Crippen LogP contribution in [-0.4, -0.2) is 14.8 Å². The van der Waals surface area contributed by atoms with Gasteiger partial charge in [0, 0.05) is 0 Å². The molecule has 0 unspecified atom stereocenters. The maximum Gasteiger partial charge on any atom is 0.205 e. The van der Waals surface area contributed by atoms with Crippen LogP contribution in [-0.2, 0) is 0 Å². The predicted molar refractivity (Wildman–Crippen MR) is 48.6 cm³/mol. The fourth-order valence-electron chi connectivity index (χ4n) is 0.959. The Balaban J connectivity index is 2.45. The molecule has 3 nitrogen and oxygen atoms in total. The van der Waals surface area contributed by atoms with Crippen molar-refractivity contribution in [1.82, 2.24) is 14.8 Å². The summed E-state index contributed by atoms with van der Waals surface area (Å²) >= 11 is 4.01. The molecule has 1 aromatic heterocycles. The largest absolute Gasteiger partial charge is 0.220 e. The van der Waals surface area contributed by atoms with E-state index in [9.17, 15) is 0 Å². The van der Waals surface area contributed by atoms with Gasteiger partial charge in [-0.15, -0.1) is 17.7 Å². The molecule has 4 heteroatoms. The summed E-state index contributed by atoms with van der Waals surface area (Å²) in [6.07, 6.45) is 1.64. The minimum Gasteiger partial charge on any atom is -0.220 e. The molecule has 0 spiro atoms. The zero-order chi connectivity index (χ0) is 8.39. The van der Waals surface area contributed by atoms with E-state index in [1.807, 2.05) is 30.3 Å². The molecular formula is C8H7N3S. The van der Waals surface area contributed by atoms with Crippen LogP contribution in [0.1, 0.15) is 0 Å². The van der Waals surface area contributed by atoms with E-state index < -0.39 is 0 Å². The highest BCUT2D eigenvalue weighted by Gasteiger charge is 1.96. The number of thiol groups is 1. The molecule has 1 heterocycles. The van der Waals surface area contributed by atoms with Crippen molar-refractivity contribution in [1.29, 1.82) is 0 Å². The van der Waals surface area contributed by atoms with Gasteiger partial charge < -0.3 is 0 Å². The van der Waals surface area contributed by atoms with Crippen LogP contribution in [0.5, 0.6) is 0 Å². The van der Waals surface area contributed by atoms with E-state index in [0.29, 0.717) is 5.16 Å². The van der Waals surface area contributed by atoms with Gasteiger partial charge in [-0.3, -0.25) is 0 Å². The molecule has 0 N–H and O–H groups in total. The van der Waals surface area contributed by atoms with E-state index >= 15 is 0 Å². The Labute approximate surface area is 75.5 Å². The Kier molecular flexibility index (Phi) is 1.83. The molecule has 60 valence electrons. The average molecular weight is 177 g/mol. The summed E-state index contributed by atoms with van der Waals surface area (Å²) in [5.41, 5.74) is 0.991. The molecule has 0 aliphatic rings. The van der Waals surface area contributed by atoms with Crippen LogP contribution in [0, 0.1) is 0 Å². The van der Waals surface area contributed by atoms with Gasteiger partial charge in [-0.05, 0) is 12.1 Å². The Bertz CT molecular complexity index is 369. The molecule has 2 rings (SSSR count). The van der Waals surface area contributed by atoms with Gasteiger partial charge in [0.15, 0.2) is 0 Å². The lowest BCUT2D eigenvalue weighted by molar-refractivity contribution is 0.837. The van der Waals surface area contributed by atoms with Crippen LogP contribution in [0.3, 0.4) is 0 Å². The Morgan fingerprint density at radius 3 is 2.50 bits per heavy atom. The zero-order valence-electron chi connectivity index (χ0n) is 6.25. The van der Waals surface area contributed by atoms with E-state index in [0.717, 1.165) is 5.69 Å². The summed E-state index contributed by atoms with van der Waals surface area (Å²) in [6, 6.07) is 9.79. The number of nitrogens with zero attached hydrogens (tertiary/aromatic N) is 3. The average Bonchev–Trinajstić information content (AvgIpc) is 2.54. The van der Waals surface area contributed by atoms with E-state index in [1.54, 1.807) is 11.0 Å². The molecule has 0 aliphatic carbocycles. The maximum absolute atomic E-state index is 4.05. The Hall–Kier alpha value is -1.29. The van der Waals surface area contributed by atoms with Crippen LogP contribution in [0.4, 0.5) is 0 Å². The van der Waals surface area contributed by atoms with Crippen molar-refractivity contribution >= 4 is 12.6 Å². The third-order valence-electron chi connectivity index (χ3n) is 1.50. The van der Waals surface area contributed by atoms with E-state index in [-0.39, 0.29) is 0 Å². The van der Waals surface area contributed by atoms with Crippen molar-refractivity contribution in [2.75, 3.05) is 0 Å². The zero-order valence-corrected chi connectivity index (χ0v) is 7.15. The lowest BCUT2D eigenvalue weighted by Crippen LogP contribution is -1.92. The minimum atomic E-state index is 0.485. The van der Waals surface area contributed by atoms with E-state index in [1.165, 1.54) is 0 Å². The van der Waals surface area contributed by atoms with Gasteiger partial charge in [0.05, 0.1) is 5.69 Å². The van der Waals surface area contributed by atoms with Gasteiger partial charge in [0.2, 0.25) is 5.16 Å². The quantitative estimate of drug-likeness (QED) is 0.670. The van der Waals surface area contributed by atoms with E-state index in [4.69, 9.17) is 0 Å². The first-order valence-corrected chi connectivity index (χ1v) is 3.97. The monoisotopic (exact) mass is 177 g/mol. The van der Waals surface area contributed by atoms with Crippen molar-refractivity contribution in [2.45, 2.75) is 5.16 Å². The smallest absolute Gasteiger partial charge is 0.205 e. The SMILES string of the molecule is Sc1ncn(-c2ccccc2)n1. The van der Waals surface area contributed by atoms with Crippen molar-refractivity contribution in [2.24, 2.45) is 0 Å².